The summed E-state index contributed by atoms with van der Waals surface area (Å²) in [5.41, 5.74) is 9.95. The van der Waals surface area contributed by atoms with Crippen LogP contribution in [0.15, 0.2) is 18.2 Å². The number of hydrogen-bond donors (Lipinski definition) is 1. The predicted octanol–water partition coefficient (Wildman–Crippen LogP) is 3.51. The second-order valence-corrected chi connectivity index (χ2v) is 5.63. The molecule has 18 heavy (non-hydrogen) atoms. The summed E-state index contributed by atoms with van der Waals surface area (Å²) >= 11 is 0. The Hall–Kier alpha value is -0.860. The molecule has 0 aromatic heterocycles. The van der Waals surface area contributed by atoms with E-state index in [-0.39, 0.29) is 6.04 Å². The van der Waals surface area contributed by atoms with Crippen LogP contribution in [0.25, 0.3) is 0 Å². The minimum atomic E-state index is 0.00582. The molecule has 0 saturated heterocycles. The van der Waals surface area contributed by atoms with Crippen molar-refractivity contribution in [1.82, 2.24) is 0 Å². The Kier molecular flexibility index (Phi) is 4.79. The topological polar surface area (TPSA) is 35.2 Å². The van der Waals surface area contributed by atoms with E-state index in [0.717, 1.165) is 12.5 Å². The van der Waals surface area contributed by atoms with E-state index in [1.165, 1.54) is 42.4 Å². The summed E-state index contributed by atoms with van der Waals surface area (Å²) in [6.45, 7) is 5.72. The first kappa shape index (κ1) is 13.6. The monoisotopic (exact) mass is 247 g/mol. The molecule has 2 rings (SSSR count). The SMILES string of the molecule is Cc1ccc(C)c(C(N)COCCC2CCC2)c1. The van der Waals surface area contributed by atoms with Crippen LogP contribution in [0.4, 0.5) is 0 Å². The van der Waals surface area contributed by atoms with Crippen molar-refractivity contribution in [2.24, 2.45) is 11.7 Å². The quantitative estimate of drug-likeness (QED) is 0.781. The van der Waals surface area contributed by atoms with E-state index < -0.39 is 0 Å². The Bertz CT molecular complexity index is 385. The molecule has 1 aliphatic rings. The van der Waals surface area contributed by atoms with E-state index in [0.29, 0.717) is 6.61 Å². The van der Waals surface area contributed by atoms with E-state index in [9.17, 15) is 0 Å². The molecule has 0 bridgehead atoms. The second-order valence-electron chi connectivity index (χ2n) is 5.63. The third-order valence-corrected chi connectivity index (χ3v) is 4.03. The molecule has 0 amide bonds. The van der Waals surface area contributed by atoms with Crippen molar-refractivity contribution >= 4 is 0 Å². The highest BCUT2D eigenvalue weighted by Crippen LogP contribution is 2.29. The fraction of sp³-hybridized carbons (Fsp3) is 0.625. The van der Waals surface area contributed by atoms with Gasteiger partial charge in [-0.25, -0.2) is 0 Å². The van der Waals surface area contributed by atoms with Crippen LogP contribution in [0.5, 0.6) is 0 Å². The van der Waals surface area contributed by atoms with E-state index in [1.807, 2.05) is 0 Å². The van der Waals surface area contributed by atoms with Crippen molar-refractivity contribution in [1.29, 1.82) is 0 Å². The maximum absolute atomic E-state index is 6.20. The van der Waals surface area contributed by atoms with Gasteiger partial charge in [-0.05, 0) is 37.3 Å². The van der Waals surface area contributed by atoms with Gasteiger partial charge in [-0.15, -0.1) is 0 Å². The summed E-state index contributed by atoms with van der Waals surface area (Å²) in [5.74, 6) is 0.918. The Labute approximate surface area is 111 Å². The van der Waals surface area contributed by atoms with Gasteiger partial charge in [0.05, 0.1) is 12.6 Å². The molecule has 1 atom stereocenters. The van der Waals surface area contributed by atoms with Gasteiger partial charge in [0.1, 0.15) is 0 Å². The molecule has 100 valence electrons. The van der Waals surface area contributed by atoms with Crippen LogP contribution in [0.2, 0.25) is 0 Å². The summed E-state index contributed by atoms with van der Waals surface area (Å²) in [4.78, 5) is 0. The summed E-state index contributed by atoms with van der Waals surface area (Å²) in [5, 5.41) is 0. The molecule has 0 heterocycles. The number of hydrogen-bond acceptors (Lipinski definition) is 2. The zero-order valence-corrected chi connectivity index (χ0v) is 11.6. The molecule has 2 heteroatoms. The van der Waals surface area contributed by atoms with Gasteiger partial charge in [0.2, 0.25) is 0 Å². The van der Waals surface area contributed by atoms with E-state index >= 15 is 0 Å². The number of benzene rings is 1. The fourth-order valence-corrected chi connectivity index (χ4v) is 2.49. The third kappa shape index (κ3) is 3.56. The summed E-state index contributed by atoms with van der Waals surface area (Å²) < 4.78 is 5.73. The van der Waals surface area contributed by atoms with Crippen LogP contribution in [0.3, 0.4) is 0 Å². The molecule has 0 aliphatic heterocycles. The van der Waals surface area contributed by atoms with Gasteiger partial charge in [-0.1, -0.05) is 43.0 Å². The zero-order chi connectivity index (χ0) is 13.0. The number of nitrogens with two attached hydrogens (primary N) is 1. The van der Waals surface area contributed by atoms with Gasteiger partial charge in [0, 0.05) is 6.61 Å². The minimum Gasteiger partial charge on any atom is -0.379 e. The van der Waals surface area contributed by atoms with Crippen LogP contribution >= 0.6 is 0 Å². The molecule has 1 saturated carbocycles. The van der Waals surface area contributed by atoms with Crippen molar-refractivity contribution < 1.29 is 4.74 Å². The Morgan fingerprint density at radius 1 is 1.33 bits per heavy atom. The first-order chi connectivity index (χ1) is 8.66. The predicted molar refractivity (Wildman–Crippen MR) is 75.6 cm³/mol. The highest BCUT2D eigenvalue weighted by Gasteiger charge is 2.17. The maximum atomic E-state index is 6.20. The molecule has 1 aliphatic carbocycles. The Morgan fingerprint density at radius 3 is 2.78 bits per heavy atom. The first-order valence-corrected chi connectivity index (χ1v) is 7.07. The largest absolute Gasteiger partial charge is 0.379 e. The molecule has 2 nitrogen and oxygen atoms in total. The molecule has 0 radical (unpaired) electrons. The van der Waals surface area contributed by atoms with Gasteiger partial charge >= 0.3 is 0 Å². The highest BCUT2D eigenvalue weighted by atomic mass is 16.5. The smallest absolute Gasteiger partial charge is 0.0659 e. The van der Waals surface area contributed by atoms with Crippen molar-refractivity contribution in [3.63, 3.8) is 0 Å². The van der Waals surface area contributed by atoms with Gasteiger partial charge < -0.3 is 10.5 Å². The van der Waals surface area contributed by atoms with Gasteiger partial charge in [-0.3, -0.25) is 0 Å². The lowest BCUT2D eigenvalue weighted by Crippen LogP contribution is -2.20. The molecule has 2 N–H and O–H groups in total. The van der Waals surface area contributed by atoms with Crippen molar-refractivity contribution in [3.8, 4) is 0 Å². The standard InChI is InChI=1S/C16H25NO/c1-12-6-7-13(2)15(10-12)16(17)11-18-9-8-14-4-3-5-14/h6-7,10,14,16H,3-5,8-9,11,17H2,1-2H3. The average Bonchev–Trinajstić information content (AvgIpc) is 2.29. The lowest BCUT2D eigenvalue weighted by molar-refractivity contribution is 0.0961. The van der Waals surface area contributed by atoms with Crippen molar-refractivity contribution in [2.45, 2.75) is 45.6 Å². The maximum Gasteiger partial charge on any atom is 0.0659 e. The molecular weight excluding hydrogens is 222 g/mol. The van der Waals surface area contributed by atoms with Gasteiger partial charge in [0.25, 0.3) is 0 Å². The lowest BCUT2D eigenvalue weighted by atomic mass is 9.83. The second kappa shape index (κ2) is 6.35. The number of ether oxygens (including phenoxy) is 1. The van der Waals surface area contributed by atoms with E-state index in [1.54, 1.807) is 0 Å². The molecular formula is C16H25NO. The number of rotatable bonds is 6. The van der Waals surface area contributed by atoms with Gasteiger partial charge in [-0.2, -0.15) is 0 Å². The molecule has 1 unspecified atom stereocenters. The summed E-state index contributed by atoms with van der Waals surface area (Å²) in [6, 6.07) is 6.45. The average molecular weight is 247 g/mol. The van der Waals surface area contributed by atoms with Crippen molar-refractivity contribution in [3.05, 3.63) is 34.9 Å². The van der Waals surface area contributed by atoms with E-state index in [4.69, 9.17) is 10.5 Å². The van der Waals surface area contributed by atoms with Crippen LogP contribution in [-0.2, 0) is 4.74 Å². The summed E-state index contributed by atoms with van der Waals surface area (Å²) in [6.07, 6.45) is 5.41. The molecule has 0 spiro atoms. The zero-order valence-electron chi connectivity index (χ0n) is 11.6. The lowest BCUT2D eigenvalue weighted by Gasteiger charge is -2.25. The molecule has 1 fully saturated rings. The third-order valence-electron chi connectivity index (χ3n) is 4.03. The normalized spacial score (nSPS) is 17.5. The fourth-order valence-electron chi connectivity index (χ4n) is 2.49. The highest BCUT2D eigenvalue weighted by molar-refractivity contribution is 5.32. The van der Waals surface area contributed by atoms with E-state index in [2.05, 4.69) is 32.0 Å². The Balaban J connectivity index is 1.75. The van der Waals surface area contributed by atoms with Crippen LogP contribution in [0.1, 0.15) is 48.4 Å². The molecule has 1 aromatic carbocycles. The van der Waals surface area contributed by atoms with Crippen LogP contribution in [-0.4, -0.2) is 13.2 Å². The Morgan fingerprint density at radius 2 is 2.11 bits per heavy atom. The first-order valence-electron chi connectivity index (χ1n) is 7.07. The van der Waals surface area contributed by atoms with Gasteiger partial charge in [0.15, 0.2) is 0 Å². The number of aryl methyl sites for hydroxylation is 2. The van der Waals surface area contributed by atoms with Crippen LogP contribution in [0, 0.1) is 19.8 Å². The minimum absolute atomic E-state index is 0.00582. The van der Waals surface area contributed by atoms with Crippen LogP contribution < -0.4 is 5.73 Å². The molecule has 1 aromatic rings. The van der Waals surface area contributed by atoms with Crippen molar-refractivity contribution in [2.75, 3.05) is 13.2 Å². The summed E-state index contributed by atoms with van der Waals surface area (Å²) in [7, 11) is 0.